The predicted octanol–water partition coefficient (Wildman–Crippen LogP) is 1.83. The average molecular weight is 353 g/mol. The minimum Gasteiger partial charge on any atom is -0.380 e. The fourth-order valence-corrected chi connectivity index (χ4v) is 2.21. The van der Waals surface area contributed by atoms with Crippen LogP contribution in [0.1, 0.15) is 32.6 Å². The Balaban J connectivity index is 0.00000144. The Kier molecular flexibility index (Phi) is 5.99. The van der Waals surface area contributed by atoms with Crippen LogP contribution in [0.15, 0.2) is 4.99 Å². The van der Waals surface area contributed by atoms with Crippen LogP contribution in [0.25, 0.3) is 0 Å². The number of ether oxygens (including phenoxy) is 1. The Morgan fingerprint density at radius 1 is 1.24 bits per heavy atom. The lowest BCUT2D eigenvalue weighted by Crippen LogP contribution is -2.44. The summed E-state index contributed by atoms with van der Waals surface area (Å²) < 4.78 is 5.21. The first-order valence-electron chi connectivity index (χ1n) is 6.32. The summed E-state index contributed by atoms with van der Waals surface area (Å²) in [6.45, 7) is 6.80. The Labute approximate surface area is 121 Å². The van der Waals surface area contributed by atoms with E-state index in [1.165, 1.54) is 25.7 Å². The van der Waals surface area contributed by atoms with Crippen LogP contribution in [0, 0.1) is 5.41 Å². The molecule has 0 spiro atoms. The standard InChI is InChI=1S/C12H23N3O.HI/c1-12(9-16-10-12)8-14-11(13)15-6-4-2-3-5-7-15;/h2-10H2,1H3,(H2,13,14);1H. The van der Waals surface area contributed by atoms with Gasteiger partial charge in [-0.2, -0.15) is 0 Å². The topological polar surface area (TPSA) is 50.8 Å². The summed E-state index contributed by atoms with van der Waals surface area (Å²) >= 11 is 0. The molecule has 0 unspecified atom stereocenters. The van der Waals surface area contributed by atoms with E-state index in [4.69, 9.17) is 10.5 Å². The Hall–Kier alpha value is -0.0400. The third-order valence-electron chi connectivity index (χ3n) is 3.45. The van der Waals surface area contributed by atoms with Crippen LogP contribution in [0.2, 0.25) is 0 Å². The molecular weight excluding hydrogens is 329 g/mol. The molecule has 0 aliphatic carbocycles. The predicted molar refractivity (Wildman–Crippen MR) is 80.9 cm³/mol. The fraction of sp³-hybridized carbons (Fsp3) is 0.917. The first-order chi connectivity index (χ1) is 7.70. The van der Waals surface area contributed by atoms with E-state index in [2.05, 4.69) is 16.8 Å². The summed E-state index contributed by atoms with van der Waals surface area (Å²) in [5.74, 6) is 0.732. The highest BCUT2D eigenvalue weighted by molar-refractivity contribution is 14.0. The summed E-state index contributed by atoms with van der Waals surface area (Å²) in [4.78, 5) is 6.76. The number of hydrogen-bond donors (Lipinski definition) is 1. The van der Waals surface area contributed by atoms with Crippen molar-refractivity contribution in [1.29, 1.82) is 0 Å². The van der Waals surface area contributed by atoms with Gasteiger partial charge in [0.05, 0.1) is 19.8 Å². The number of aliphatic imine (C=N–C) groups is 1. The van der Waals surface area contributed by atoms with Gasteiger partial charge in [-0.15, -0.1) is 24.0 Å². The Morgan fingerprint density at radius 2 is 1.82 bits per heavy atom. The first kappa shape index (κ1) is 15.0. The molecule has 2 heterocycles. The molecule has 2 rings (SSSR count). The number of halogens is 1. The molecule has 2 aliphatic heterocycles. The summed E-state index contributed by atoms with van der Waals surface area (Å²) in [5, 5.41) is 0. The largest absolute Gasteiger partial charge is 0.380 e. The maximum Gasteiger partial charge on any atom is 0.191 e. The molecule has 0 aromatic heterocycles. The van der Waals surface area contributed by atoms with Crippen molar-refractivity contribution >= 4 is 29.9 Å². The number of hydrogen-bond acceptors (Lipinski definition) is 2. The second-order valence-electron chi connectivity index (χ2n) is 5.38. The van der Waals surface area contributed by atoms with Crippen molar-refractivity contribution in [1.82, 2.24) is 4.90 Å². The van der Waals surface area contributed by atoms with E-state index in [9.17, 15) is 0 Å². The van der Waals surface area contributed by atoms with Crippen molar-refractivity contribution in [3.05, 3.63) is 0 Å². The third-order valence-corrected chi connectivity index (χ3v) is 3.45. The summed E-state index contributed by atoms with van der Waals surface area (Å²) in [5.41, 5.74) is 6.27. The number of nitrogens with two attached hydrogens (primary N) is 1. The van der Waals surface area contributed by atoms with Crippen molar-refractivity contribution in [2.45, 2.75) is 32.6 Å². The molecule has 5 heteroatoms. The minimum absolute atomic E-state index is 0. The molecule has 0 saturated carbocycles. The van der Waals surface area contributed by atoms with E-state index in [1.54, 1.807) is 0 Å². The second kappa shape index (κ2) is 6.78. The Bertz CT molecular complexity index is 258. The van der Waals surface area contributed by atoms with Crippen LogP contribution >= 0.6 is 24.0 Å². The van der Waals surface area contributed by atoms with Gasteiger partial charge in [-0.05, 0) is 12.8 Å². The molecule has 0 radical (unpaired) electrons. The lowest BCUT2D eigenvalue weighted by molar-refractivity contribution is -0.0945. The van der Waals surface area contributed by atoms with Crippen molar-refractivity contribution in [3.63, 3.8) is 0 Å². The number of guanidine groups is 1. The lowest BCUT2D eigenvalue weighted by Gasteiger charge is -2.36. The maximum atomic E-state index is 6.04. The smallest absolute Gasteiger partial charge is 0.191 e. The number of likely N-dealkylation sites (tertiary alicyclic amines) is 1. The van der Waals surface area contributed by atoms with Crippen LogP contribution < -0.4 is 5.73 Å². The van der Waals surface area contributed by atoms with E-state index >= 15 is 0 Å². The summed E-state index contributed by atoms with van der Waals surface area (Å²) in [6, 6.07) is 0. The third kappa shape index (κ3) is 4.28. The van der Waals surface area contributed by atoms with Gasteiger partial charge < -0.3 is 15.4 Å². The molecule has 2 aliphatic rings. The van der Waals surface area contributed by atoms with Gasteiger partial charge in [0.1, 0.15) is 0 Å². The fourth-order valence-electron chi connectivity index (χ4n) is 2.21. The van der Waals surface area contributed by atoms with Crippen LogP contribution in [0.4, 0.5) is 0 Å². The maximum absolute atomic E-state index is 6.04. The number of rotatable bonds is 2. The highest BCUT2D eigenvalue weighted by Gasteiger charge is 2.33. The van der Waals surface area contributed by atoms with Gasteiger partial charge in [-0.1, -0.05) is 19.8 Å². The zero-order valence-electron chi connectivity index (χ0n) is 10.7. The molecule has 0 bridgehead atoms. The van der Waals surface area contributed by atoms with Crippen LogP contribution in [0.3, 0.4) is 0 Å². The normalized spacial score (nSPS) is 24.5. The molecule has 0 atom stereocenters. The highest BCUT2D eigenvalue weighted by atomic mass is 127. The summed E-state index contributed by atoms with van der Waals surface area (Å²) in [7, 11) is 0. The molecule has 0 aromatic carbocycles. The molecule has 17 heavy (non-hydrogen) atoms. The van der Waals surface area contributed by atoms with E-state index in [0.717, 1.165) is 38.8 Å². The average Bonchev–Trinajstić information content (AvgIpc) is 2.51. The second-order valence-corrected chi connectivity index (χ2v) is 5.38. The van der Waals surface area contributed by atoms with Crippen LogP contribution in [-0.4, -0.2) is 43.7 Å². The molecule has 0 amide bonds. The quantitative estimate of drug-likeness (QED) is 0.468. The SMILES string of the molecule is CC1(CN=C(N)N2CCCCCC2)COC1.I. The van der Waals surface area contributed by atoms with Crippen LogP contribution in [-0.2, 0) is 4.74 Å². The molecule has 4 nitrogen and oxygen atoms in total. The van der Waals surface area contributed by atoms with Gasteiger partial charge in [0.2, 0.25) is 0 Å². The van der Waals surface area contributed by atoms with Gasteiger partial charge in [0.25, 0.3) is 0 Å². The zero-order chi connectivity index (χ0) is 11.4. The monoisotopic (exact) mass is 353 g/mol. The zero-order valence-corrected chi connectivity index (χ0v) is 13.0. The van der Waals surface area contributed by atoms with Gasteiger partial charge >= 0.3 is 0 Å². The molecule has 2 N–H and O–H groups in total. The molecule has 2 fully saturated rings. The van der Waals surface area contributed by atoms with Crippen molar-refractivity contribution in [2.24, 2.45) is 16.1 Å². The van der Waals surface area contributed by atoms with Gasteiger partial charge in [0, 0.05) is 18.5 Å². The van der Waals surface area contributed by atoms with E-state index in [0.29, 0.717) is 0 Å². The number of nitrogens with zero attached hydrogens (tertiary/aromatic N) is 2. The van der Waals surface area contributed by atoms with Gasteiger partial charge in [0.15, 0.2) is 5.96 Å². The minimum atomic E-state index is 0. The van der Waals surface area contributed by atoms with Gasteiger partial charge in [-0.3, -0.25) is 4.99 Å². The first-order valence-corrected chi connectivity index (χ1v) is 6.32. The van der Waals surface area contributed by atoms with Crippen molar-refractivity contribution in [2.75, 3.05) is 32.8 Å². The van der Waals surface area contributed by atoms with Crippen molar-refractivity contribution < 1.29 is 4.74 Å². The molecule has 0 aromatic rings. The van der Waals surface area contributed by atoms with Crippen molar-refractivity contribution in [3.8, 4) is 0 Å². The molecule has 100 valence electrons. The lowest BCUT2D eigenvalue weighted by atomic mass is 9.89. The molecular formula is C12H24IN3O. The summed E-state index contributed by atoms with van der Waals surface area (Å²) in [6.07, 6.45) is 5.15. The van der Waals surface area contributed by atoms with E-state index < -0.39 is 0 Å². The van der Waals surface area contributed by atoms with Crippen LogP contribution in [0.5, 0.6) is 0 Å². The van der Waals surface area contributed by atoms with E-state index in [1.807, 2.05) is 0 Å². The highest BCUT2D eigenvalue weighted by Crippen LogP contribution is 2.26. The van der Waals surface area contributed by atoms with Gasteiger partial charge in [-0.25, -0.2) is 0 Å². The Morgan fingerprint density at radius 3 is 2.29 bits per heavy atom. The van der Waals surface area contributed by atoms with E-state index in [-0.39, 0.29) is 29.4 Å². The molecule has 2 saturated heterocycles.